The normalized spacial score (nSPS) is 20.8. The average Bonchev–Trinajstić information content (AvgIpc) is 2.36. The van der Waals surface area contributed by atoms with Gasteiger partial charge in [0.2, 0.25) is 0 Å². The number of hydrogen-bond donors (Lipinski definition) is 4. The van der Waals surface area contributed by atoms with Gasteiger partial charge in [0.25, 0.3) is 0 Å². The van der Waals surface area contributed by atoms with E-state index in [2.05, 4.69) is 15.5 Å². The second-order valence-electron chi connectivity index (χ2n) is 5.44. The van der Waals surface area contributed by atoms with Crippen LogP contribution in [0.4, 0.5) is 4.79 Å². The second-order valence-corrected chi connectivity index (χ2v) is 5.44. The summed E-state index contributed by atoms with van der Waals surface area (Å²) in [5.41, 5.74) is 0. The minimum absolute atomic E-state index is 0.0726. The maximum atomic E-state index is 11.7. The Morgan fingerprint density at radius 3 is 2.25 bits per heavy atom. The van der Waals surface area contributed by atoms with Crippen LogP contribution in [0.5, 0.6) is 0 Å². The lowest BCUT2D eigenvalue weighted by molar-refractivity contribution is -0.141. The molecule has 1 rings (SSSR count). The van der Waals surface area contributed by atoms with Crippen molar-refractivity contribution in [1.29, 1.82) is 0 Å². The van der Waals surface area contributed by atoms with Crippen molar-refractivity contribution in [3.8, 4) is 0 Å². The summed E-state index contributed by atoms with van der Waals surface area (Å²) in [6.07, 6.45) is 2.48. The Labute approximate surface area is 119 Å². The fourth-order valence-electron chi connectivity index (χ4n) is 2.37. The van der Waals surface area contributed by atoms with Crippen LogP contribution >= 0.6 is 0 Å². The maximum absolute atomic E-state index is 11.7. The van der Waals surface area contributed by atoms with Crippen LogP contribution in [0.2, 0.25) is 0 Å². The summed E-state index contributed by atoms with van der Waals surface area (Å²) in [6.45, 7) is 6.04. The molecule has 7 heteroatoms. The largest absolute Gasteiger partial charge is 0.480 e. The molecule has 7 nitrogen and oxygen atoms in total. The number of likely N-dealkylation sites (tertiary alicyclic amines) is 1. The number of carboxylic acids is 1. The van der Waals surface area contributed by atoms with E-state index in [1.54, 1.807) is 0 Å². The van der Waals surface area contributed by atoms with Gasteiger partial charge in [0.05, 0.1) is 6.10 Å². The highest BCUT2D eigenvalue weighted by Crippen LogP contribution is 2.08. The van der Waals surface area contributed by atoms with Gasteiger partial charge in [-0.15, -0.1) is 0 Å². The number of aliphatic hydroxyl groups is 1. The van der Waals surface area contributed by atoms with Crippen molar-refractivity contribution in [3.05, 3.63) is 0 Å². The third-order valence-corrected chi connectivity index (χ3v) is 3.39. The van der Waals surface area contributed by atoms with Crippen LogP contribution in [0.15, 0.2) is 0 Å². The van der Waals surface area contributed by atoms with Gasteiger partial charge in [0.15, 0.2) is 6.04 Å². The molecular formula is C13H25N3O4. The van der Waals surface area contributed by atoms with Gasteiger partial charge in [-0.1, -0.05) is 6.42 Å². The molecule has 0 aromatic heterocycles. The molecule has 0 bridgehead atoms. The molecule has 0 aromatic carbocycles. The van der Waals surface area contributed by atoms with Crippen molar-refractivity contribution in [1.82, 2.24) is 15.5 Å². The van der Waals surface area contributed by atoms with Crippen LogP contribution < -0.4 is 10.6 Å². The highest BCUT2D eigenvalue weighted by atomic mass is 16.4. The van der Waals surface area contributed by atoms with Crippen LogP contribution in [-0.4, -0.2) is 64.9 Å². The standard InChI is InChI=1S/C13H25N3O4/c1-9(8-16-6-4-3-5-7-16)14-13(20)15-11(10(2)17)12(18)19/h9-11,17H,3-8H2,1-2H3,(H,18,19)(H2,14,15,20)/t9?,10-,11+/m1/s1. The van der Waals surface area contributed by atoms with Crippen molar-refractivity contribution < 1.29 is 19.8 Å². The molecule has 1 heterocycles. The number of aliphatic hydroxyl groups excluding tert-OH is 1. The Hall–Kier alpha value is -1.34. The van der Waals surface area contributed by atoms with Crippen LogP contribution in [0, 0.1) is 0 Å². The van der Waals surface area contributed by atoms with E-state index in [-0.39, 0.29) is 6.04 Å². The van der Waals surface area contributed by atoms with E-state index in [4.69, 9.17) is 5.11 Å². The molecule has 0 aliphatic carbocycles. The molecule has 1 saturated heterocycles. The van der Waals surface area contributed by atoms with Crippen molar-refractivity contribution in [2.75, 3.05) is 19.6 Å². The average molecular weight is 287 g/mol. The summed E-state index contributed by atoms with van der Waals surface area (Å²) in [6, 6.07) is -1.93. The number of carbonyl (C=O) groups excluding carboxylic acids is 1. The monoisotopic (exact) mass is 287 g/mol. The Balaban J connectivity index is 2.34. The zero-order valence-corrected chi connectivity index (χ0v) is 12.1. The van der Waals surface area contributed by atoms with Gasteiger partial charge in [-0.05, 0) is 39.8 Å². The number of piperidine rings is 1. The first-order valence-corrected chi connectivity index (χ1v) is 7.10. The summed E-state index contributed by atoms with van der Waals surface area (Å²) < 4.78 is 0. The number of aliphatic carboxylic acids is 1. The predicted molar refractivity (Wildman–Crippen MR) is 74.5 cm³/mol. The molecule has 1 fully saturated rings. The smallest absolute Gasteiger partial charge is 0.328 e. The first-order chi connectivity index (χ1) is 9.40. The third-order valence-electron chi connectivity index (χ3n) is 3.39. The molecule has 1 unspecified atom stereocenters. The van der Waals surface area contributed by atoms with E-state index in [0.29, 0.717) is 0 Å². The van der Waals surface area contributed by atoms with E-state index in [1.165, 1.54) is 26.2 Å². The van der Waals surface area contributed by atoms with E-state index < -0.39 is 24.1 Å². The lowest BCUT2D eigenvalue weighted by Gasteiger charge is -2.29. The number of hydrogen-bond acceptors (Lipinski definition) is 4. The number of rotatable bonds is 6. The van der Waals surface area contributed by atoms with Crippen LogP contribution in [0.25, 0.3) is 0 Å². The van der Waals surface area contributed by atoms with Gasteiger partial charge in [0.1, 0.15) is 0 Å². The number of carboxylic acid groups (broad SMARTS) is 1. The molecule has 20 heavy (non-hydrogen) atoms. The molecule has 0 radical (unpaired) electrons. The fourth-order valence-corrected chi connectivity index (χ4v) is 2.37. The van der Waals surface area contributed by atoms with E-state index in [0.717, 1.165) is 19.6 Å². The fraction of sp³-hybridized carbons (Fsp3) is 0.846. The first-order valence-electron chi connectivity index (χ1n) is 7.10. The summed E-state index contributed by atoms with van der Waals surface area (Å²) in [5, 5.41) is 23.1. The van der Waals surface area contributed by atoms with Gasteiger partial charge in [-0.25, -0.2) is 9.59 Å². The van der Waals surface area contributed by atoms with Crippen LogP contribution in [0.1, 0.15) is 33.1 Å². The molecule has 4 N–H and O–H groups in total. The first kappa shape index (κ1) is 16.7. The van der Waals surface area contributed by atoms with Crippen LogP contribution in [0.3, 0.4) is 0 Å². The number of nitrogens with zero attached hydrogens (tertiary/aromatic N) is 1. The molecule has 0 aromatic rings. The van der Waals surface area contributed by atoms with Crippen molar-refractivity contribution >= 4 is 12.0 Å². The summed E-state index contributed by atoms with van der Waals surface area (Å²) in [5.74, 6) is -1.25. The SMILES string of the molecule is CC(CN1CCCCC1)NC(=O)N[C@H](C(=O)O)[C@@H](C)O. The Bertz CT molecular complexity index is 330. The summed E-state index contributed by atoms with van der Waals surface area (Å²) in [4.78, 5) is 24.9. The maximum Gasteiger partial charge on any atom is 0.328 e. The van der Waals surface area contributed by atoms with E-state index in [9.17, 15) is 14.7 Å². The lowest BCUT2D eigenvalue weighted by Crippen LogP contribution is -2.54. The second kappa shape index (κ2) is 8.06. The number of carbonyl (C=O) groups is 2. The molecule has 1 aliphatic heterocycles. The third kappa shape index (κ3) is 5.75. The summed E-state index contributed by atoms with van der Waals surface area (Å²) in [7, 11) is 0. The number of amides is 2. The van der Waals surface area contributed by atoms with Gasteiger partial charge < -0.3 is 25.7 Å². The van der Waals surface area contributed by atoms with Crippen molar-refractivity contribution in [2.24, 2.45) is 0 Å². The Kier molecular flexibility index (Phi) is 6.74. The van der Waals surface area contributed by atoms with Gasteiger partial charge >= 0.3 is 12.0 Å². The van der Waals surface area contributed by atoms with Gasteiger partial charge in [0, 0.05) is 12.6 Å². The zero-order chi connectivity index (χ0) is 15.1. The highest BCUT2D eigenvalue weighted by Gasteiger charge is 2.25. The number of nitrogens with one attached hydrogen (secondary N) is 2. The topological polar surface area (TPSA) is 102 Å². The summed E-state index contributed by atoms with van der Waals surface area (Å²) >= 11 is 0. The predicted octanol–water partition coefficient (Wildman–Crippen LogP) is -0.00600. The number of urea groups is 1. The molecule has 3 atom stereocenters. The lowest BCUT2D eigenvalue weighted by atomic mass is 10.1. The molecular weight excluding hydrogens is 262 g/mol. The van der Waals surface area contributed by atoms with E-state index >= 15 is 0 Å². The highest BCUT2D eigenvalue weighted by molar-refractivity contribution is 5.83. The molecule has 0 saturated carbocycles. The quantitative estimate of drug-likeness (QED) is 0.550. The van der Waals surface area contributed by atoms with Crippen molar-refractivity contribution in [3.63, 3.8) is 0 Å². The van der Waals surface area contributed by atoms with Crippen molar-refractivity contribution in [2.45, 2.75) is 51.3 Å². The molecule has 0 spiro atoms. The Morgan fingerprint density at radius 1 is 1.15 bits per heavy atom. The minimum atomic E-state index is -1.29. The minimum Gasteiger partial charge on any atom is -0.480 e. The van der Waals surface area contributed by atoms with Gasteiger partial charge in [-0.3, -0.25) is 0 Å². The Morgan fingerprint density at radius 2 is 1.75 bits per heavy atom. The van der Waals surface area contributed by atoms with Crippen LogP contribution in [-0.2, 0) is 4.79 Å². The van der Waals surface area contributed by atoms with E-state index in [1.807, 2.05) is 6.92 Å². The molecule has 116 valence electrons. The molecule has 1 aliphatic rings. The zero-order valence-electron chi connectivity index (χ0n) is 12.1. The molecule has 2 amide bonds. The van der Waals surface area contributed by atoms with Gasteiger partial charge in [-0.2, -0.15) is 0 Å².